The molecule has 2 N–H and O–H groups in total. The van der Waals surface area contributed by atoms with Gasteiger partial charge in [-0.25, -0.2) is 0 Å². The Bertz CT molecular complexity index is 386. The molecule has 100 valence electrons. The van der Waals surface area contributed by atoms with E-state index in [9.17, 15) is 8.78 Å². The van der Waals surface area contributed by atoms with Gasteiger partial charge in [0.05, 0.1) is 18.4 Å². The van der Waals surface area contributed by atoms with Crippen LogP contribution in [-0.4, -0.2) is 40.5 Å². The molecule has 18 heavy (non-hydrogen) atoms. The van der Waals surface area contributed by atoms with Crippen molar-refractivity contribution in [1.82, 2.24) is 14.9 Å². The molecule has 1 aliphatic rings. The van der Waals surface area contributed by atoms with Crippen LogP contribution in [0.3, 0.4) is 0 Å². The van der Waals surface area contributed by atoms with Crippen LogP contribution in [0.4, 0.5) is 8.78 Å². The minimum atomic E-state index is -2.96. The highest BCUT2D eigenvalue weighted by Crippen LogP contribution is 2.27. The monoisotopic (exact) mass is 256 g/mol. The first-order valence-corrected chi connectivity index (χ1v) is 6.12. The maximum atomic E-state index is 14.0. The lowest BCUT2D eigenvalue weighted by atomic mass is 10.1. The second-order valence-electron chi connectivity index (χ2n) is 4.86. The van der Waals surface area contributed by atoms with Gasteiger partial charge in [0.2, 0.25) is 0 Å². The molecule has 0 aromatic carbocycles. The van der Waals surface area contributed by atoms with Gasteiger partial charge in [-0.3, -0.25) is 14.9 Å². The average Bonchev–Trinajstić information content (AvgIpc) is 2.32. The summed E-state index contributed by atoms with van der Waals surface area (Å²) in [5.74, 6) is -2.96. The number of hydrogen-bond donors (Lipinski definition) is 1. The molecule has 2 rings (SSSR count). The summed E-state index contributed by atoms with van der Waals surface area (Å²) < 4.78 is 28.0. The van der Waals surface area contributed by atoms with Crippen molar-refractivity contribution in [3.05, 3.63) is 23.8 Å². The van der Waals surface area contributed by atoms with Gasteiger partial charge >= 0.3 is 5.92 Å². The lowest BCUT2D eigenvalue weighted by Gasteiger charge is -2.32. The summed E-state index contributed by atoms with van der Waals surface area (Å²) in [4.78, 5) is 9.38. The summed E-state index contributed by atoms with van der Waals surface area (Å²) in [5.41, 5.74) is 6.13. The van der Waals surface area contributed by atoms with E-state index < -0.39 is 5.92 Å². The zero-order chi connectivity index (χ0) is 13.2. The Kier molecular flexibility index (Phi) is 3.87. The number of halogens is 2. The average molecular weight is 256 g/mol. The first-order valence-electron chi connectivity index (χ1n) is 6.12. The lowest BCUT2D eigenvalue weighted by molar-refractivity contribution is -0.0464. The van der Waals surface area contributed by atoms with Crippen LogP contribution in [0, 0.1) is 6.92 Å². The van der Waals surface area contributed by atoms with Crippen LogP contribution in [0.5, 0.6) is 0 Å². The van der Waals surface area contributed by atoms with Crippen molar-refractivity contribution in [1.29, 1.82) is 0 Å². The summed E-state index contributed by atoms with van der Waals surface area (Å²) >= 11 is 0. The summed E-state index contributed by atoms with van der Waals surface area (Å²) in [6.45, 7) is 2.66. The van der Waals surface area contributed by atoms with E-state index in [1.54, 1.807) is 11.8 Å². The van der Waals surface area contributed by atoms with E-state index in [0.717, 1.165) is 19.0 Å². The molecule has 1 fully saturated rings. The Morgan fingerprint density at radius 1 is 1.33 bits per heavy atom. The molecule has 0 aliphatic carbocycles. The third-order valence-corrected chi connectivity index (χ3v) is 3.21. The Hall–Kier alpha value is -1.14. The number of rotatable bonds is 3. The first-order chi connectivity index (χ1) is 8.47. The maximum Gasteiger partial charge on any atom is 0.303 e. The standard InChI is InChI=1S/C12H18F2N4/c1-9-6-17-11(7-16-9)12(13,14)8-18-4-2-10(15)3-5-18/h6-7,10H,2-5,8,15H2,1H3. The summed E-state index contributed by atoms with van der Waals surface area (Å²) in [5, 5.41) is 0. The van der Waals surface area contributed by atoms with Gasteiger partial charge in [-0.1, -0.05) is 0 Å². The number of hydrogen-bond acceptors (Lipinski definition) is 4. The highest BCUT2D eigenvalue weighted by Gasteiger charge is 2.36. The van der Waals surface area contributed by atoms with Crippen LogP contribution in [-0.2, 0) is 5.92 Å². The predicted octanol–water partition coefficient (Wildman–Crippen LogP) is 1.30. The van der Waals surface area contributed by atoms with Gasteiger partial charge in [0.1, 0.15) is 5.69 Å². The zero-order valence-electron chi connectivity index (χ0n) is 10.4. The number of nitrogens with zero attached hydrogens (tertiary/aromatic N) is 3. The molecular formula is C12H18F2N4. The van der Waals surface area contributed by atoms with Crippen LogP contribution < -0.4 is 5.73 Å². The number of alkyl halides is 2. The minimum absolute atomic E-state index is 0.147. The fraction of sp³-hybridized carbons (Fsp3) is 0.667. The van der Waals surface area contributed by atoms with Gasteiger partial charge in [0.15, 0.2) is 0 Å². The second kappa shape index (κ2) is 5.24. The summed E-state index contributed by atoms with van der Waals surface area (Å²) in [6.07, 6.45) is 4.08. The Morgan fingerprint density at radius 3 is 2.56 bits per heavy atom. The molecule has 1 saturated heterocycles. The molecule has 0 amide bonds. The molecule has 0 saturated carbocycles. The topological polar surface area (TPSA) is 55.0 Å². The Morgan fingerprint density at radius 2 is 2.00 bits per heavy atom. The van der Waals surface area contributed by atoms with E-state index >= 15 is 0 Å². The number of nitrogens with two attached hydrogens (primary N) is 1. The maximum absolute atomic E-state index is 14.0. The van der Waals surface area contributed by atoms with E-state index in [-0.39, 0.29) is 18.3 Å². The molecule has 0 radical (unpaired) electrons. The van der Waals surface area contributed by atoms with Crippen LogP contribution in [0.25, 0.3) is 0 Å². The fourth-order valence-electron chi connectivity index (χ4n) is 2.05. The number of aryl methyl sites for hydroxylation is 1. The molecule has 1 aliphatic heterocycles. The van der Waals surface area contributed by atoms with Gasteiger partial charge in [0, 0.05) is 12.2 Å². The SMILES string of the molecule is Cc1cnc(C(F)(F)CN2CCC(N)CC2)cn1. The summed E-state index contributed by atoms with van der Waals surface area (Å²) in [6, 6.07) is 0.147. The molecule has 0 bridgehead atoms. The molecule has 1 aromatic heterocycles. The van der Waals surface area contributed by atoms with Crippen molar-refractivity contribution in [2.24, 2.45) is 5.73 Å². The highest BCUT2D eigenvalue weighted by molar-refractivity contribution is 5.07. The van der Waals surface area contributed by atoms with Crippen molar-refractivity contribution < 1.29 is 8.78 Å². The molecule has 6 heteroatoms. The normalized spacial score (nSPS) is 19.1. The highest BCUT2D eigenvalue weighted by atomic mass is 19.3. The van der Waals surface area contributed by atoms with Crippen LogP contribution in [0.1, 0.15) is 24.2 Å². The molecular weight excluding hydrogens is 238 g/mol. The summed E-state index contributed by atoms with van der Waals surface area (Å²) in [7, 11) is 0. The van der Waals surface area contributed by atoms with E-state index in [1.165, 1.54) is 6.20 Å². The van der Waals surface area contributed by atoms with Gasteiger partial charge in [-0.15, -0.1) is 0 Å². The van der Waals surface area contributed by atoms with Crippen LogP contribution in [0.15, 0.2) is 12.4 Å². The quantitative estimate of drug-likeness (QED) is 0.885. The lowest BCUT2D eigenvalue weighted by Crippen LogP contribution is -2.44. The third kappa shape index (κ3) is 3.20. The fourth-order valence-corrected chi connectivity index (χ4v) is 2.05. The zero-order valence-corrected chi connectivity index (χ0v) is 10.4. The van der Waals surface area contributed by atoms with E-state index in [2.05, 4.69) is 9.97 Å². The molecule has 1 aromatic rings. The van der Waals surface area contributed by atoms with E-state index in [1.807, 2.05) is 0 Å². The molecule has 0 unspecified atom stereocenters. The molecule has 2 heterocycles. The van der Waals surface area contributed by atoms with Crippen molar-refractivity contribution in [3.8, 4) is 0 Å². The minimum Gasteiger partial charge on any atom is -0.328 e. The molecule has 4 nitrogen and oxygen atoms in total. The Labute approximate surface area is 105 Å². The van der Waals surface area contributed by atoms with Crippen LogP contribution >= 0.6 is 0 Å². The van der Waals surface area contributed by atoms with Crippen molar-refractivity contribution in [2.45, 2.75) is 31.7 Å². The second-order valence-corrected chi connectivity index (χ2v) is 4.86. The number of aromatic nitrogens is 2. The molecule has 0 atom stereocenters. The predicted molar refractivity (Wildman–Crippen MR) is 64.3 cm³/mol. The first kappa shape index (κ1) is 13.3. The van der Waals surface area contributed by atoms with Gasteiger partial charge in [-0.2, -0.15) is 8.78 Å². The van der Waals surface area contributed by atoms with E-state index in [4.69, 9.17) is 5.73 Å². The van der Waals surface area contributed by atoms with Gasteiger partial charge in [0.25, 0.3) is 0 Å². The number of likely N-dealkylation sites (tertiary alicyclic amines) is 1. The van der Waals surface area contributed by atoms with Crippen molar-refractivity contribution in [3.63, 3.8) is 0 Å². The van der Waals surface area contributed by atoms with Crippen molar-refractivity contribution >= 4 is 0 Å². The Balaban J connectivity index is 2.00. The van der Waals surface area contributed by atoms with E-state index in [0.29, 0.717) is 18.8 Å². The van der Waals surface area contributed by atoms with Gasteiger partial charge < -0.3 is 5.73 Å². The molecule has 0 spiro atoms. The number of piperidine rings is 1. The third-order valence-electron chi connectivity index (χ3n) is 3.21. The smallest absolute Gasteiger partial charge is 0.303 e. The largest absolute Gasteiger partial charge is 0.328 e. The van der Waals surface area contributed by atoms with Crippen LogP contribution in [0.2, 0.25) is 0 Å². The van der Waals surface area contributed by atoms with Gasteiger partial charge in [-0.05, 0) is 32.9 Å². The van der Waals surface area contributed by atoms with Crippen molar-refractivity contribution in [2.75, 3.05) is 19.6 Å².